The van der Waals surface area contributed by atoms with E-state index in [1.807, 2.05) is 18.2 Å². The molecule has 1 amide bonds. The van der Waals surface area contributed by atoms with Crippen LogP contribution < -0.4 is 9.64 Å². The Hall–Kier alpha value is -2.42. The Morgan fingerprint density at radius 1 is 1.29 bits per heavy atom. The van der Waals surface area contributed by atoms with Crippen LogP contribution in [0.4, 0.5) is 10.5 Å². The number of methoxy groups -OCH3 is 2. The highest BCUT2D eigenvalue weighted by Crippen LogP contribution is 2.85. The van der Waals surface area contributed by atoms with Gasteiger partial charge < -0.3 is 19.3 Å². The van der Waals surface area contributed by atoms with Gasteiger partial charge >= 0.3 is 6.09 Å². The van der Waals surface area contributed by atoms with Gasteiger partial charge in [0.15, 0.2) is 11.4 Å². The zero-order valence-electron chi connectivity index (χ0n) is 17.2. The van der Waals surface area contributed by atoms with E-state index in [1.54, 1.807) is 12.0 Å². The predicted molar refractivity (Wildman–Crippen MR) is 106 cm³/mol. The van der Waals surface area contributed by atoms with Crippen molar-refractivity contribution in [2.24, 2.45) is 11.3 Å². The molecule has 8 heteroatoms. The summed E-state index contributed by atoms with van der Waals surface area (Å²) in [5, 5.41) is 12.4. The molecule has 0 aromatic heterocycles. The minimum atomic E-state index is -1.80. The van der Waals surface area contributed by atoms with Crippen LogP contribution in [0.25, 0.3) is 0 Å². The van der Waals surface area contributed by atoms with Gasteiger partial charge in [0.25, 0.3) is 0 Å². The molecule has 1 N–H and O–H groups in total. The van der Waals surface area contributed by atoms with Crippen LogP contribution in [-0.4, -0.2) is 72.2 Å². The Morgan fingerprint density at radius 3 is 2.90 bits per heavy atom. The number of ether oxygens (including phenoxy) is 3. The number of anilines is 1. The van der Waals surface area contributed by atoms with Crippen LogP contribution in [0.3, 0.4) is 0 Å². The maximum Gasteiger partial charge on any atom is 0.414 e. The maximum atomic E-state index is 14.1. The number of carbonyl (C=O) groups is 2. The van der Waals surface area contributed by atoms with Crippen molar-refractivity contribution in [3.8, 4) is 5.75 Å². The molecule has 160 valence electrons. The number of carbonyl (C=O) groups excluding carboxylic acids is 2. The van der Waals surface area contributed by atoms with Crippen molar-refractivity contribution >= 4 is 17.6 Å². The van der Waals surface area contributed by atoms with E-state index in [1.165, 1.54) is 7.11 Å². The fourth-order valence-corrected chi connectivity index (χ4v) is 9.42. The summed E-state index contributed by atoms with van der Waals surface area (Å²) in [5.41, 5.74) is -2.66. The van der Waals surface area contributed by atoms with Crippen molar-refractivity contribution in [3.05, 3.63) is 35.9 Å². The number of rotatable bonds is 1. The van der Waals surface area contributed by atoms with Crippen LogP contribution >= 0.6 is 0 Å². The van der Waals surface area contributed by atoms with Crippen LogP contribution in [-0.2, 0) is 19.7 Å². The highest BCUT2D eigenvalue weighted by atomic mass is 16.6. The van der Waals surface area contributed by atoms with Crippen LogP contribution in [0.5, 0.6) is 5.75 Å². The smallest absolute Gasteiger partial charge is 0.414 e. The molecule has 0 radical (unpaired) electrons. The standard InChI is InChI=1S/C23H22N2O6/c1-29-12-6-3-5-11-14(12)25(19(27)30-2)21-9-8-20-7-4-10-24-16-13(22(11,21)17(20)24)15(26)23(21,28)18(20)31-16/h3-7,13,16-18,28H,8-10H2,1-2H3. The Morgan fingerprint density at radius 2 is 2.13 bits per heavy atom. The van der Waals surface area contributed by atoms with Crippen LogP contribution in [0.2, 0.25) is 0 Å². The van der Waals surface area contributed by atoms with E-state index in [0.717, 1.165) is 12.0 Å². The molecule has 31 heavy (non-hydrogen) atoms. The normalized spacial score (nSPS) is 52.7. The first-order valence-electron chi connectivity index (χ1n) is 10.9. The van der Waals surface area contributed by atoms with Gasteiger partial charge in [-0.05, 0) is 24.5 Å². The third kappa shape index (κ3) is 1.18. The van der Waals surface area contributed by atoms with Gasteiger partial charge in [-0.1, -0.05) is 24.3 Å². The molecule has 9 aliphatic rings. The summed E-state index contributed by atoms with van der Waals surface area (Å²) in [6, 6.07) is 5.71. The average molecular weight is 422 g/mol. The van der Waals surface area contributed by atoms with Crippen molar-refractivity contribution in [1.29, 1.82) is 0 Å². The van der Waals surface area contributed by atoms with Crippen LogP contribution in [0.15, 0.2) is 30.4 Å². The van der Waals surface area contributed by atoms with E-state index in [2.05, 4.69) is 17.1 Å². The largest absolute Gasteiger partial charge is 0.495 e. The second-order valence-corrected chi connectivity index (χ2v) is 10.0. The second-order valence-electron chi connectivity index (χ2n) is 10.0. The summed E-state index contributed by atoms with van der Waals surface area (Å²) in [7, 11) is 2.92. The number of Topliss-reactive ketones (excluding diaryl/α,β-unsaturated/α-hetero) is 1. The fourth-order valence-electron chi connectivity index (χ4n) is 9.42. The van der Waals surface area contributed by atoms with Gasteiger partial charge in [0.1, 0.15) is 23.6 Å². The maximum absolute atomic E-state index is 14.1. The summed E-state index contributed by atoms with van der Waals surface area (Å²) in [5.74, 6) is -0.171. The van der Waals surface area contributed by atoms with E-state index in [9.17, 15) is 14.7 Å². The fraction of sp³-hybridized carbons (Fsp3) is 0.565. The number of aliphatic hydroxyl groups is 1. The number of hydrogen-bond acceptors (Lipinski definition) is 7. The lowest BCUT2D eigenvalue weighted by atomic mass is 9.40. The van der Waals surface area contributed by atoms with E-state index in [-0.39, 0.29) is 11.8 Å². The lowest BCUT2D eigenvalue weighted by molar-refractivity contribution is -0.308. The number of fused-ring (bicyclic) bond motifs is 2. The van der Waals surface area contributed by atoms with Crippen molar-refractivity contribution < 1.29 is 28.9 Å². The van der Waals surface area contributed by atoms with Crippen LogP contribution in [0.1, 0.15) is 18.4 Å². The molecule has 1 aromatic rings. The molecule has 4 aliphatic carbocycles. The van der Waals surface area contributed by atoms with Gasteiger partial charge in [0.05, 0.1) is 31.2 Å². The van der Waals surface area contributed by atoms with E-state index < -0.39 is 46.3 Å². The Balaban J connectivity index is 1.59. The number of para-hydroxylation sites is 1. The summed E-state index contributed by atoms with van der Waals surface area (Å²) < 4.78 is 17.5. The molecule has 5 aliphatic heterocycles. The lowest BCUT2D eigenvalue weighted by Crippen LogP contribution is -2.89. The third-order valence-electron chi connectivity index (χ3n) is 9.78. The van der Waals surface area contributed by atoms with Crippen molar-refractivity contribution in [3.63, 3.8) is 0 Å². The number of benzene rings is 1. The van der Waals surface area contributed by atoms with Gasteiger partial charge in [0.2, 0.25) is 0 Å². The number of amides is 1. The second kappa shape index (κ2) is 4.53. The van der Waals surface area contributed by atoms with Gasteiger partial charge in [-0.15, -0.1) is 0 Å². The minimum absolute atomic E-state index is 0.0280. The van der Waals surface area contributed by atoms with E-state index >= 15 is 0 Å². The molecule has 9 bridgehead atoms. The highest BCUT2D eigenvalue weighted by molar-refractivity contribution is 6.09. The van der Waals surface area contributed by atoms with E-state index in [4.69, 9.17) is 14.2 Å². The molecule has 1 aromatic carbocycles. The molecule has 9 atom stereocenters. The predicted octanol–water partition coefficient (Wildman–Crippen LogP) is 0.961. The molecule has 8 nitrogen and oxygen atoms in total. The summed E-state index contributed by atoms with van der Waals surface area (Å²) in [4.78, 5) is 31.3. The van der Waals surface area contributed by atoms with Gasteiger partial charge in [-0.3, -0.25) is 14.6 Å². The third-order valence-corrected chi connectivity index (χ3v) is 9.78. The Kier molecular flexibility index (Phi) is 2.51. The molecule has 5 heterocycles. The molecular weight excluding hydrogens is 400 g/mol. The van der Waals surface area contributed by atoms with Gasteiger partial charge in [0, 0.05) is 18.0 Å². The quantitative estimate of drug-likeness (QED) is 0.675. The Bertz CT molecular complexity index is 1170. The van der Waals surface area contributed by atoms with Crippen molar-refractivity contribution in [2.45, 2.75) is 47.8 Å². The summed E-state index contributed by atoms with van der Waals surface area (Å²) >= 11 is 0. The van der Waals surface area contributed by atoms with Gasteiger partial charge in [-0.25, -0.2) is 4.79 Å². The minimum Gasteiger partial charge on any atom is -0.495 e. The molecule has 3 saturated heterocycles. The van der Waals surface area contributed by atoms with Crippen molar-refractivity contribution in [2.75, 3.05) is 25.7 Å². The molecule has 3 spiro atoms. The molecule has 7 fully saturated rings. The van der Waals surface area contributed by atoms with Gasteiger partial charge in [-0.2, -0.15) is 0 Å². The number of hydrogen-bond donors (Lipinski definition) is 1. The molecule has 9 unspecified atom stereocenters. The van der Waals surface area contributed by atoms with E-state index in [0.29, 0.717) is 24.4 Å². The lowest BCUT2D eigenvalue weighted by Gasteiger charge is -2.72. The summed E-state index contributed by atoms with van der Waals surface area (Å²) in [6.07, 6.45) is 3.93. The first-order chi connectivity index (χ1) is 15.0. The SMILES string of the molecule is COC(=O)N1c2c(OC)cccc2C23C4C(=O)C5(O)C6OC4N4CC=CC6(CCC152)C43. The number of nitrogens with zero attached hydrogens (tertiary/aromatic N) is 2. The van der Waals surface area contributed by atoms with Crippen molar-refractivity contribution in [1.82, 2.24) is 4.90 Å². The zero-order chi connectivity index (χ0) is 21.1. The highest BCUT2D eigenvalue weighted by Gasteiger charge is 3.00. The average Bonchev–Trinajstić information content (AvgIpc) is 3.24. The molecular formula is C23H22N2O6. The Labute approximate surface area is 178 Å². The zero-order valence-corrected chi connectivity index (χ0v) is 17.2. The number of ketones is 1. The first kappa shape index (κ1) is 17.2. The topological polar surface area (TPSA) is 88.5 Å². The monoisotopic (exact) mass is 422 g/mol. The molecule has 10 rings (SSSR count). The van der Waals surface area contributed by atoms with Crippen LogP contribution in [0, 0.1) is 11.3 Å². The molecule has 4 saturated carbocycles. The summed E-state index contributed by atoms with van der Waals surface area (Å²) in [6.45, 7) is 0.696. The first-order valence-corrected chi connectivity index (χ1v) is 10.9.